The summed E-state index contributed by atoms with van der Waals surface area (Å²) in [4.78, 5) is 41.7. The van der Waals surface area contributed by atoms with E-state index in [-0.39, 0.29) is 34.6 Å². The molecule has 0 unspecified atom stereocenters. The third-order valence-electron chi connectivity index (χ3n) is 6.44. The summed E-state index contributed by atoms with van der Waals surface area (Å²) < 4.78 is 16.8. The van der Waals surface area contributed by atoms with Crippen molar-refractivity contribution in [2.75, 3.05) is 7.11 Å². The zero-order chi connectivity index (χ0) is 25.0. The van der Waals surface area contributed by atoms with E-state index in [1.807, 2.05) is 18.2 Å². The third-order valence-corrected chi connectivity index (χ3v) is 6.44. The number of fused-ring (bicyclic) bond motifs is 4. The number of hydrogen-bond donors (Lipinski definition) is 2. The highest BCUT2D eigenvalue weighted by atomic mass is 16.5. The number of ether oxygens (including phenoxy) is 2. The van der Waals surface area contributed by atoms with Gasteiger partial charge in [-0.25, -0.2) is 0 Å². The number of benzene rings is 3. The Morgan fingerprint density at radius 2 is 1.81 bits per heavy atom. The molecule has 3 aromatic carbocycles. The van der Waals surface area contributed by atoms with Crippen molar-refractivity contribution in [2.24, 2.45) is 0 Å². The second-order valence-corrected chi connectivity index (χ2v) is 8.59. The number of aromatic amines is 1. The highest BCUT2D eigenvalue weighted by Gasteiger charge is 2.35. The van der Waals surface area contributed by atoms with Gasteiger partial charge in [-0.15, -0.1) is 0 Å². The molecule has 0 aliphatic carbocycles. The molecular formula is C28H19NO7. The van der Waals surface area contributed by atoms with Crippen LogP contribution in [0.4, 0.5) is 0 Å². The summed E-state index contributed by atoms with van der Waals surface area (Å²) in [6, 6.07) is 18.6. The largest absolute Gasteiger partial charge is 0.507 e. The van der Waals surface area contributed by atoms with Crippen molar-refractivity contribution in [3.63, 3.8) is 0 Å². The molecule has 0 saturated carbocycles. The number of carbonyl (C=O) groups excluding carboxylic acids is 1. The summed E-state index contributed by atoms with van der Waals surface area (Å²) in [5.41, 5.74) is 1.13. The van der Waals surface area contributed by atoms with E-state index in [0.717, 1.165) is 5.39 Å². The van der Waals surface area contributed by atoms with Gasteiger partial charge in [0.05, 0.1) is 19.0 Å². The number of pyridine rings is 1. The van der Waals surface area contributed by atoms with Crippen molar-refractivity contribution in [3.8, 4) is 28.6 Å². The molecule has 36 heavy (non-hydrogen) atoms. The highest BCUT2D eigenvalue weighted by molar-refractivity contribution is 5.93. The fourth-order valence-corrected chi connectivity index (χ4v) is 4.75. The van der Waals surface area contributed by atoms with Gasteiger partial charge in [0.1, 0.15) is 34.0 Å². The van der Waals surface area contributed by atoms with E-state index < -0.39 is 22.9 Å². The summed E-state index contributed by atoms with van der Waals surface area (Å²) in [6.07, 6.45) is -0.142. The van der Waals surface area contributed by atoms with Crippen LogP contribution in [0.2, 0.25) is 0 Å². The molecule has 8 heteroatoms. The van der Waals surface area contributed by atoms with Crippen molar-refractivity contribution in [1.82, 2.24) is 4.98 Å². The topological polar surface area (TPSA) is 119 Å². The fraction of sp³-hybridized carbons (Fsp3) is 0.107. The van der Waals surface area contributed by atoms with Gasteiger partial charge in [0.25, 0.3) is 5.56 Å². The number of phenols is 1. The average Bonchev–Trinajstić information content (AvgIpc) is 2.87. The first-order valence-electron chi connectivity index (χ1n) is 11.2. The number of esters is 1. The fourth-order valence-electron chi connectivity index (χ4n) is 4.75. The minimum atomic E-state index is -0.770. The lowest BCUT2D eigenvalue weighted by Gasteiger charge is -2.25. The molecule has 1 atom stereocenters. The zero-order valence-corrected chi connectivity index (χ0v) is 19.0. The highest BCUT2D eigenvalue weighted by Crippen LogP contribution is 2.45. The number of hydrogen-bond acceptors (Lipinski definition) is 7. The molecule has 3 heterocycles. The van der Waals surface area contributed by atoms with Crippen molar-refractivity contribution in [3.05, 3.63) is 98.4 Å². The molecule has 0 amide bonds. The summed E-state index contributed by atoms with van der Waals surface area (Å²) in [7, 11) is 1.54. The molecule has 2 N–H and O–H groups in total. The number of H-pyrrole nitrogens is 1. The van der Waals surface area contributed by atoms with Gasteiger partial charge in [0.2, 0.25) is 0 Å². The number of aromatic nitrogens is 1. The van der Waals surface area contributed by atoms with Gasteiger partial charge in [0, 0.05) is 40.8 Å². The first-order chi connectivity index (χ1) is 17.4. The monoisotopic (exact) mass is 481 g/mol. The minimum absolute atomic E-state index is 0.0432. The number of methoxy groups -OCH3 is 1. The van der Waals surface area contributed by atoms with Crippen molar-refractivity contribution >= 4 is 27.8 Å². The molecule has 0 bridgehead atoms. The third kappa shape index (κ3) is 3.42. The Labute approximate surface area is 203 Å². The Hall–Kier alpha value is -4.85. The molecule has 178 valence electrons. The lowest BCUT2D eigenvalue weighted by molar-refractivity contribution is -0.135. The van der Waals surface area contributed by atoms with Crippen LogP contribution in [-0.4, -0.2) is 23.2 Å². The molecule has 1 aliphatic rings. The Bertz CT molecular complexity index is 1800. The number of aromatic hydroxyl groups is 1. The molecule has 8 nitrogen and oxygen atoms in total. The smallest absolute Gasteiger partial charge is 0.312 e. The maximum Gasteiger partial charge on any atom is 0.312 e. The molecule has 1 aliphatic heterocycles. The lowest BCUT2D eigenvalue weighted by atomic mass is 9.85. The molecule has 0 fully saturated rings. The normalized spacial score (nSPS) is 15.0. The van der Waals surface area contributed by atoms with Crippen LogP contribution in [0.25, 0.3) is 33.2 Å². The minimum Gasteiger partial charge on any atom is -0.507 e. The summed E-state index contributed by atoms with van der Waals surface area (Å²) in [5, 5.41) is 11.3. The van der Waals surface area contributed by atoms with E-state index in [1.54, 1.807) is 36.4 Å². The Morgan fingerprint density at radius 1 is 1.00 bits per heavy atom. The van der Waals surface area contributed by atoms with E-state index in [0.29, 0.717) is 28.0 Å². The van der Waals surface area contributed by atoms with Gasteiger partial charge < -0.3 is 24.0 Å². The van der Waals surface area contributed by atoms with E-state index >= 15 is 0 Å². The second-order valence-electron chi connectivity index (χ2n) is 8.59. The van der Waals surface area contributed by atoms with Gasteiger partial charge in [-0.05, 0) is 23.6 Å². The molecule has 2 aromatic heterocycles. The van der Waals surface area contributed by atoms with Gasteiger partial charge in [-0.1, -0.05) is 30.3 Å². The van der Waals surface area contributed by atoms with E-state index in [1.165, 1.54) is 19.2 Å². The van der Waals surface area contributed by atoms with Crippen molar-refractivity contribution in [1.29, 1.82) is 0 Å². The number of nitrogens with one attached hydrogen (secondary N) is 1. The summed E-state index contributed by atoms with van der Waals surface area (Å²) >= 11 is 0. The first-order valence-corrected chi connectivity index (χ1v) is 11.2. The van der Waals surface area contributed by atoms with Crippen LogP contribution in [-0.2, 0) is 4.79 Å². The maximum absolute atomic E-state index is 13.2. The van der Waals surface area contributed by atoms with Crippen molar-refractivity contribution in [2.45, 2.75) is 12.3 Å². The number of phenolic OH excluding ortho intramolecular Hbond substituents is 1. The molecule has 6 rings (SSSR count). The van der Waals surface area contributed by atoms with Gasteiger partial charge >= 0.3 is 5.97 Å². The summed E-state index contributed by atoms with van der Waals surface area (Å²) in [6.45, 7) is 0. The van der Waals surface area contributed by atoms with Gasteiger partial charge in [-0.2, -0.15) is 0 Å². The van der Waals surface area contributed by atoms with Crippen LogP contribution >= 0.6 is 0 Å². The predicted octanol–water partition coefficient (Wildman–Crippen LogP) is 4.46. The maximum atomic E-state index is 13.2. The molecule has 0 spiro atoms. The second kappa shape index (κ2) is 8.13. The number of carbonyl (C=O) groups is 1. The average molecular weight is 481 g/mol. The Kier molecular flexibility index (Phi) is 4.89. The van der Waals surface area contributed by atoms with Crippen LogP contribution < -0.4 is 20.5 Å². The van der Waals surface area contributed by atoms with Crippen LogP contribution in [0.15, 0.2) is 80.7 Å². The standard InChI is InChI=1S/C28H19NO7/c1-34-16-8-7-15-9-18(28(33)29-19(15)10-16)17-11-24(32)35-23-13-21(31)26-20(30)12-22(36-27(26)25(17)23)14-5-3-2-4-6-14/h2-10,12-13,17,31H,11H2,1H3,(H,29,33)/t17-/m1/s1. The molecule has 5 aromatic rings. The SMILES string of the molecule is COc1ccc2cc([C@H]3CC(=O)Oc4cc(O)c5c(=O)cc(-c6ccccc6)oc5c43)c(=O)[nH]c2c1. The van der Waals surface area contributed by atoms with Crippen LogP contribution in [0.3, 0.4) is 0 Å². The Balaban J connectivity index is 1.64. The molecule has 0 saturated heterocycles. The van der Waals surface area contributed by atoms with E-state index in [2.05, 4.69) is 4.98 Å². The molecule has 0 radical (unpaired) electrons. The van der Waals surface area contributed by atoms with Gasteiger partial charge in [0.15, 0.2) is 5.43 Å². The van der Waals surface area contributed by atoms with Crippen molar-refractivity contribution < 1.29 is 23.8 Å². The first kappa shape index (κ1) is 21.7. The lowest BCUT2D eigenvalue weighted by Crippen LogP contribution is -2.26. The summed E-state index contributed by atoms with van der Waals surface area (Å²) in [5.74, 6) is -0.782. The van der Waals surface area contributed by atoms with Gasteiger partial charge in [-0.3, -0.25) is 14.4 Å². The van der Waals surface area contributed by atoms with E-state index in [4.69, 9.17) is 13.9 Å². The Morgan fingerprint density at radius 3 is 2.58 bits per heavy atom. The predicted molar refractivity (Wildman–Crippen MR) is 133 cm³/mol. The van der Waals surface area contributed by atoms with E-state index in [9.17, 15) is 19.5 Å². The van der Waals surface area contributed by atoms with Crippen LogP contribution in [0.5, 0.6) is 17.2 Å². The molecular weight excluding hydrogens is 462 g/mol. The van der Waals surface area contributed by atoms with Crippen LogP contribution in [0, 0.1) is 0 Å². The quantitative estimate of drug-likeness (QED) is 0.289. The number of rotatable bonds is 3. The van der Waals surface area contributed by atoms with Crippen LogP contribution in [0.1, 0.15) is 23.5 Å². The zero-order valence-electron chi connectivity index (χ0n) is 19.0.